The van der Waals surface area contributed by atoms with Gasteiger partial charge in [0.15, 0.2) is 0 Å². The second-order valence-electron chi connectivity index (χ2n) is 6.19. The molecule has 0 heterocycles. The summed E-state index contributed by atoms with van der Waals surface area (Å²) in [5.41, 5.74) is 2.69. The van der Waals surface area contributed by atoms with Gasteiger partial charge in [-0.3, -0.25) is 9.59 Å². The molecule has 0 aliphatic heterocycles. The van der Waals surface area contributed by atoms with Crippen LogP contribution in [0.2, 0.25) is 0 Å². The molecule has 0 radical (unpaired) electrons. The molecule has 26 heavy (non-hydrogen) atoms. The molecule has 0 aromatic heterocycles. The van der Waals surface area contributed by atoms with E-state index in [0.29, 0.717) is 30.6 Å². The van der Waals surface area contributed by atoms with Gasteiger partial charge in [0.25, 0.3) is 0 Å². The normalized spacial score (nSPS) is 11.8. The van der Waals surface area contributed by atoms with E-state index in [9.17, 15) is 14.0 Å². The van der Waals surface area contributed by atoms with Crippen LogP contribution in [0.25, 0.3) is 0 Å². The van der Waals surface area contributed by atoms with Crippen molar-refractivity contribution in [1.82, 2.24) is 5.32 Å². The van der Waals surface area contributed by atoms with Crippen molar-refractivity contribution >= 4 is 28.4 Å². The number of benzene rings is 2. The Bertz CT molecular complexity index is 781. The fraction of sp³-hybridized carbons (Fsp3) is 0.300. The van der Waals surface area contributed by atoms with Gasteiger partial charge in [0.2, 0.25) is 11.1 Å². The highest BCUT2D eigenvalue weighted by Gasteiger charge is 2.17. The van der Waals surface area contributed by atoms with E-state index in [1.54, 1.807) is 13.0 Å². The highest BCUT2D eigenvalue weighted by Crippen LogP contribution is 2.21. The third kappa shape index (κ3) is 5.93. The first-order valence-electron chi connectivity index (χ1n) is 8.40. The van der Waals surface area contributed by atoms with E-state index in [0.717, 1.165) is 11.1 Å². The van der Waals surface area contributed by atoms with Crippen molar-refractivity contribution in [2.75, 3.05) is 5.32 Å². The summed E-state index contributed by atoms with van der Waals surface area (Å²) in [5, 5.41) is 5.25. The Hall–Kier alpha value is -2.24. The largest absolute Gasteiger partial charge is 0.326 e. The molecule has 1 atom stereocenters. The zero-order chi connectivity index (χ0) is 19.1. The van der Waals surface area contributed by atoms with Crippen molar-refractivity contribution in [1.29, 1.82) is 0 Å². The molecule has 0 aliphatic carbocycles. The molecule has 4 nitrogen and oxygen atoms in total. The Balaban J connectivity index is 2.05. The van der Waals surface area contributed by atoms with E-state index in [1.807, 2.05) is 30.3 Å². The highest BCUT2D eigenvalue weighted by molar-refractivity contribution is 6.64. The number of hydrogen-bond donors (Lipinski definition) is 2. The molecule has 6 heteroatoms. The Morgan fingerprint density at radius 3 is 2.50 bits per heavy atom. The minimum atomic E-state index is -0.538. The lowest BCUT2D eigenvalue weighted by atomic mass is 9.99. The van der Waals surface area contributed by atoms with Gasteiger partial charge in [-0.25, -0.2) is 4.39 Å². The SMILES string of the molecule is CC(=O)Nc1cc(F)c(C)c(CC[C@@H](NCc2ccccc2)C(=O)Cl)c1. The topological polar surface area (TPSA) is 58.2 Å². The van der Waals surface area contributed by atoms with Gasteiger partial charge in [-0.15, -0.1) is 0 Å². The molecule has 0 aliphatic rings. The third-order valence-corrected chi connectivity index (χ3v) is 4.41. The van der Waals surface area contributed by atoms with Crippen molar-refractivity contribution < 1.29 is 14.0 Å². The van der Waals surface area contributed by atoms with Crippen LogP contribution in [-0.4, -0.2) is 17.2 Å². The summed E-state index contributed by atoms with van der Waals surface area (Å²) in [4.78, 5) is 22.9. The number of aryl methyl sites for hydroxylation is 1. The Morgan fingerprint density at radius 1 is 1.19 bits per heavy atom. The Labute approximate surface area is 157 Å². The quantitative estimate of drug-likeness (QED) is 0.686. The summed E-state index contributed by atoms with van der Waals surface area (Å²) in [6, 6.07) is 12.2. The van der Waals surface area contributed by atoms with Crippen LogP contribution in [0.5, 0.6) is 0 Å². The van der Waals surface area contributed by atoms with Crippen LogP contribution in [0.3, 0.4) is 0 Å². The van der Waals surface area contributed by atoms with Gasteiger partial charge >= 0.3 is 0 Å². The van der Waals surface area contributed by atoms with Crippen LogP contribution in [0.4, 0.5) is 10.1 Å². The van der Waals surface area contributed by atoms with Crippen molar-refractivity contribution in [2.45, 2.75) is 39.3 Å². The monoisotopic (exact) mass is 376 g/mol. The predicted molar refractivity (Wildman–Crippen MR) is 102 cm³/mol. The van der Waals surface area contributed by atoms with Gasteiger partial charge in [0.05, 0.1) is 6.04 Å². The van der Waals surface area contributed by atoms with E-state index in [2.05, 4.69) is 10.6 Å². The molecule has 0 bridgehead atoms. The third-order valence-electron chi connectivity index (χ3n) is 4.14. The lowest BCUT2D eigenvalue weighted by molar-refractivity contribution is -0.114. The number of amides is 1. The van der Waals surface area contributed by atoms with Crippen molar-refractivity contribution in [3.63, 3.8) is 0 Å². The molecule has 0 saturated heterocycles. The van der Waals surface area contributed by atoms with Gasteiger partial charge in [-0.2, -0.15) is 0 Å². The van der Waals surface area contributed by atoms with Crippen molar-refractivity contribution in [2.24, 2.45) is 0 Å². The summed E-state index contributed by atoms with van der Waals surface area (Å²) in [7, 11) is 0. The van der Waals surface area contributed by atoms with Crippen LogP contribution < -0.4 is 10.6 Å². The second kappa shape index (κ2) is 9.46. The maximum absolute atomic E-state index is 14.1. The molecule has 1 amide bonds. The number of anilines is 1. The standard InChI is InChI=1S/C20H22ClFN2O2/c1-13-16(10-17(11-18(13)22)24-14(2)25)8-9-19(20(21)26)23-12-15-6-4-3-5-7-15/h3-7,10-11,19,23H,8-9,12H2,1-2H3,(H,24,25)/t19-/m1/s1. The summed E-state index contributed by atoms with van der Waals surface area (Å²) in [6.45, 7) is 3.56. The van der Waals surface area contributed by atoms with Crippen LogP contribution >= 0.6 is 11.6 Å². The fourth-order valence-electron chi connectivity index (χ4n) is 2.70. The average Bonchev–Trinajstić information content (AvgIpc) is 2.58. The van der Waals surface area contributed by atoms with Gasteiger partial charge in [0, 0.05) is 19.2 Å². The van der Waals surface area contributed by atoms with Crippen molar-refractivity contribution in [3.8, 4) is 0 Å². The molecular weight excluding hydrogens is 355 g/mol. The van der Waals surface area contributed by atoms with E-state index in [4.69, 9.17) is 11.6 Å². The van der Waals surface area contributed by atoms with E-state index >= 15 is 0 Å². The molecule has 0 spiro atoms. The average molecular weight is 377 g/mol. The number of rotatable bonds is 8. The summed E-state index contributed by atoms with van der Waals surface area (Å²) in [5.74, 6) is -0.658. The molecule has 0 saturated carbocycles. The summed E-state index contributed by atoms with van der Waals surface area (Å²) in [6.07, 6.45) is 0.889. The van der Waals surface area contributed by atoms with Crippen LogP contribution in [0, 0.1) is 12.7 Å². The smallest absolute Gasteiger partial charge is 0.238 e. The fourth-order valence-corrected chi connectivity index (χ4v) is 2.89. The lowest BCUT2D eigenvalue weighted by Gasteiger charge is -2.16. The molecule has 2 aromatic carbocycles. The molecule has 0 fully saturated rings. The van der Waals surface area contributed by atoms with Gasteiger partial charge in [-0.05, 0) is 60.2 Å². The number of carbonyl (C=O) groups is 2. The van der Waals surface area contributed by atoms with Crippen LogP contribution in [0.15, 0.2) is 42.5 Å². The number of nitrogens with one attached hydrogen (secondary N) is 2. The Kier molecular flexibility index (Phi) is 7.30. The molecule has 2 rings (SSSR count). The summed E-state index contributed by atoms with van der Waals surface area (Å²) < 4.78 is 14.1. The lowest BCUT2D eigenvalue weighted by Crippen LogP contribution is -2.34. The molecular formula is C20H22ClFN2O2. The highest BCUT2D eigenvalue weighted by atomic mass is 35.5. The predicted octanol–water partition coefficient (Wildman–Crippen LogP) is 3.95. The van der Waals surface area contributed by atoms with E-state index < -0.39 is 17.1 Å². The number of halogens is 2. The molecule has 2 aromatic rings. The summed E-state index contributed by atoms with van der Waals surface area (Å²) >= 11 is 5.71. The maximum atomic E-state index is 14.1. The number of hydrogen-bond acceptors (Lipinski definition) is 3. The van der Waals surface area contributed by atoms with Crippen molar-refractivity contribution in [3.05, 3.63) is 65.0 Å². The van der Waals surface area contributed by atoms with Gasteiger partial charge in [-0.1, -0.05) is 30.3 Å². The maximum Gasteiger partial charge on any atom is 0.238 e. The first kappa shape index (κ1) is 20.1. The van der Waals surface area contributed by atoms with E-state index in [-0.39, 0.29) is 5.91 Å². The molecule has 0 unspecified atom stereocenters. The molecule has 138 valence electrons. The minimum absolute atomic E-state index is 0.266. The number of carbonyl (C=O) groups excluding carboxylic acids is 2. The van der Waals surface area contributed by atoms with Gasteiger partial charge < -0.3 is 10.6 Å². The molecule has 2 N–H and O–H groups in total. The Morgan fingerprint density at radius 2 is 1.88 bits per heavy atom. The van der Waals surface area contributed by atoms with Crippen LogP contribution in [0.1, 0.15) is 30.0 Å². The zero-order valence-corrected chi connectivity index (χ0v) is 15.6. The van der Waals surface area contributed by atoms with Gasteiger partial charge in [0.1, 0.15) is 5.82 Å². The first-order chi connectivity index (χ1) is 12.4. The zero-order valence-electron chi connectivity index (χ0n) is 14.8. The van der Waals surface area contributed by atoms with E-state index in [1.165, 1.54) is 13.0 Å². The minimum Gasteiger partial charge on any atom is -0.326 e. The second-order valence-corrected chi connectivity index (χ2v) is 6.56. The van der Waals surface area contributed by atoms with Crippen LogP contribution in [-0.2, 0) is 22.6 Å². The first-order valence-corrected chi connectivity index (χ1v) is 8.78.